The quantitative estimate of drug-likeness (QED) is 0.692. The third kappa shape index (κ3) is 2.84. The molecule has 0 fully saturated rings. The van der Waals surface area contributed by atoms with Gasteiger partial charge in [-0.2, -0.15) is 5.10 Å². The van der Waals surface area contributed by atoms with Crippen LogP contribution in [0.15, 0.2) is 42.5 Å². The highest BCUT2D eigenvalue weighted by atomic mass is 16.3. The van der Waals surface area contributed by atoms with Crippen molar-refractivity contribution in [3.8, 4) is 11.3 Å². The van der Waals surface area contributed by atoms with Crippen LogP contribution in [0.1, 0.15) is 56.7 Å². The Hall–Kier alpha value is -2.13. The van der Waals surface area contributed by atoms with Crippen molar-refractivity contribution in [1.29, 1.82) is 0 Å². The van der Waals surface area contributed by atoms with E-state index in [4.69, 9.17) is 5.10 Å². The second-order valence-electron chi connectivity index (χ2n) is 7.99. The monoisotopic (exact) mass is 348 g/mol. The van der Waals surface area contributed by atoms with Crippen LogP contribution >= 0.6 is 0 Å². The van der Waals surface area contributed by atoms with E-state index in [2.05, 4.69) is 67.9 Å². The van der Waals surface area contributed by atoms with Crippen LogP contribution < -0.4 is 0 Å². The third-order valence-corrected chi connectivity index (χ3v) is 5.92. The summed E-state index contributed by atoms with van der Waals surface area (Å²) in [6.07, 6.45) is 2.42. The van der Waals surface area contributed by atoms with Crippen LogP contribution in [0, 0.1) is 5.92 Å². The molecule has 136 valence electrons. The van der Waals surface area contributed by atoms with Crippen molar-refractivity contribution in [3.05, 3.63) is 53.7 Å². The fourth-order valence-electron chi connectivity index (χ4n) is 4.54. The lowest BCUT2D eigenvalue weighted by Gasteiger charge is -2.31. The minimum absolute atomic E-state index is 0.129. The van der Waals surface area contributed by atoms with Gasteiger partial charge in [0, 0.05) is 22.7 Å². The van der Waals surface area contributed by atoms with Crippen molar-refractivity contribution in [2.75, 3.05) is 6.61 Å². The molecule has 0 saturated carbocycles. The van der Waals surface area contributed by atoms with Gasteiger partial charge in [0.25, 0.3) is 0 Å². The van der Waals surface area contributed by atoms with Gasteiger partial charge in [-0.3, -0.25) is 4.68 Å². The number of benzene rings is 2. The molecule has 0 aliphatic heterocycles. The number of rotatable bonds is 4. The van der Waals surface area contributed by atoms with E-state index in [-0.39, 0.29) is 6.61 Å². The number of aromatic nitrogens is 2. The van der Waals surface area contributed by atoms with E-state index >= 15 is 0 Å². The van der Waals surface area contributed by atoms with Crippen LogP contribution in [0.25, 0.3) is 22.0 Å². The third-order valence-electron chi connectivity index (χ3n) is 5.92. The van der Waals surface area contributed by atoms with Crippen LogP contribution in [0.3, 0.4) is 0 Å². The normalized spacial score (nSPS) is 19.9. The van der Waals surface area contributed by atoms with E-state index in [1.807, 2.05) is 0 Å². The standard InChI is InChI=1S/C23H28N2O/c1-15(2)20-11-8-16(3)21-22(24-25(12-13-26)23(20)21)19-10-9-17-6-4-5-7-18(17)14-19/h4-7,9-10,14-16,20,26H,8,11-13H2,1-3H3. The largest absolute Gasteiger partial charge is 0.394 e. The van der Waals surface area contributed by atoms with Crippen molar-refractivity contribution >= 4 is 10.8 Å². The zero-order valence-electron chi connectivity index (χ0n) is 15.9. The van der Waals surface area contributed by atoms with E-state index in [0.29, 0.717) is 24.3 Å². The molecule has 1 heterocycles. The number of hydrogen-bond acceptors (Lipinski definition) is 2. The molecule has 0 saturated heterocycles. The number of fused-ring (bicyclic) bond motifs is 2. The summed E-state index contributed by atoms with van der Waals surface area (Å²) in [4.78, 5) is 0. The maximum Gasteiger partial charge on any atom is 0.0961 e. The van der Waals surface area contributed by atoms with E-state index in [1.165, 1.54) is 40.4 Å². The second-order valence-corrected chi connectivity index (χ2v) is 7.99. The van der Waals surface area contributed by atoms with Gasteiger partial charge < -0.3 is 5.11 Å². The van der Waals surface area contributed by atoms with E-state index < -0.39 is 0 Å². The van der Waals surface area contributed by atoms with E-state index in [0.717, 1.165) is 5.69 Å². The van der Waals surface area contributed by atoms with Gasteiger partial charge in [-0.25, -0.2) is 0 Å². The number of aliphatic hydroxyl groups excluding tert-OH is 1. The molecule has 2 aromatic carbocycles. The van der Waals surface area contributed by atoms with Gasteiger partial charge in [-0.1, -0.05) is 57.2 Å². The van der Waals surface area contributed by atoms with Gasteiger partial charge in [-0.05, 0) is 41.5 Å². The molecular formula is C23H28N2O. The Morgan fingerprint density at radius 2 is 1.88 bits per heavy atom. The first-order valence-corrected chi connectivity index (χ1v) is 9.80. The van der Waals surface area contributed by atoms with Crippen LogP contribution in [0.2, 0.25) is 0 Å². The Kier molecular flexibility index (Phi) is 4.58. The molecule has 1 aliphatic carbocycles. The van der Waals surface area contributed by atoms with Crippen LogP contribution in [-0.4, -0.2) is 21.5 Å². The molecule has 2 unspecified atom stereocenters. The van der Waals surface area contributed by atoms with Crippen LogP contribution in [0.5, 0.6) is 0 Å². The molecule has 2 atom stereocenters. The summed E-state index contributed by atoms with van der Waals surface area (Å²) in [7, 11) is 0. The topological polar surface area (TPSA) is 38.0 Å². The lowest BCUT2D eigenvalue weighted by atomic mass is 9.75. The average Bonchev–Trinajstić information content (AvgIpc) is 3.02. The van der Waals surface area contributed by atoms with Crippen molar-refractivity contribution in [2.24, 2.45) is 5.92 Å². The molecule has 0 bridgehead atoms. The van der Waals surface area contributed by atoms with Gasteiger partial charge in [0.15, 0.2) is 0 Å². The summed E-state index contributed by atoms with van der Waals surface area (Å²) >= 11 is 0. The maximum absolute atomic E-state index is 9.57. The molecule has 3 heteroatoms. The summed E-state index contributed by atoms with van der Waals surface area (Å²) < 4.78 is 2.08. The predicted molar refractivity (Wildman–Crippen MR) is 107 cm³/mol. The Bertz CT molecular complexity index is 925. The molecule has 26 heavy (non-hydrogen) atoms. The highest BCUT2D eigenvalue weighted by Gasteiger charge is 2.34. The number of hydrogen-bond donors (Lipinski definition) is 1. The number of nitrogens with zero attached hydrogens (tertiary/aromatic N) is 2. The highest BCUT2D eigenvalue weighted by molar-refractivity contribution is 5.87. The minimum atomic E-state index is 0.129. The molecule has 3 aromatic rings. The molecule has 0 spiro atoms. The Labute approximate surface area is 155 Å². The summed E-state index contributed by atoms with van der Waals surface area (Å²) in [6, 6.07) is 15.1. The number of aliphatic hydroxyl groups is 1. The predicted octanol–water partition coefficient (Wildman–Crippen LogP) is 5.33. The lowest BCUT2D eigenvalue weighted by Crippen LogP contribution is -2.21. The fourth-order valence-corrected chi connectivity index (χ4v) is 4.54. The molecular weight excluding hydrogens is 320 g/mol. The molecule has 0 radical (unpaired) electrons. The summed E-state index contributed by atoms with van der Waals surface area (Å²) in [5.74, 6) is 1.61. The second kappa shape index (κ2) is 6.88. The molecule has 3 nitrogen and oxygen atoms in total. The van der Waals surface area contributed by atoms with Crippen LogP contribution in [0.4, 0.5) is 0 Å². The van der Waals surface area contributed by atoms with Gasteiger partial charge in [0.05, 0.1) is 18.8 Å². The van der Waals surface area contributed by atoms with Gasteiger partial charge >= 0.3 is 0 Å². The van der Waals surface area contributed by atoms with Crippen molar-refractivity contribution in [1.82, 2.24) is 9.78 Å². The molecule has 0 amide bonds. The van der Waals surface area contributed by atoms with E-state index in [9.17, 15) is 5.11 Å². The van der Waals surface area contributed by atoms with Gasteiger partial charge in [0.1, 0.15) is 0 Å². The zero-order chi connectivity index (χ0) is 18.3. The maximum atomic E-state index is 9.57. The summed E-state index contributed by atoms with van der Waals surface area (Å²) in [5.41, 5.74) is 5.06. The minimum Gasteiger partial charge on any atom is -0.394 e. The zero-order valence-corrected chi connectivity index (χ0v) is 15.9. The van der Waals surface area contributed by atoms with Crippen molar-refractivity contribution < 1.29 is 5.11 Å². The SMILES string of the molecule is CC1CCC(C(C)C)c2c1c(-c1ccc3ccccc3c1)nn2CCO. The first kappa shape index (κ1) is 17.3. The summed E-state index contributed by atoms with van der Waals surface area (Å²) in [5, 5.41) is 17.1. The van der Waals surface area contributed by atoms with Gasteiger partial charge in [-0.15, -0.1) is 0 Å². The first-order valence-electron chi connectivity index (χ1n) is 9.80. The first-order chi connectivity index (χ1) is 12.6. The Morgan fingerprint density at radius 3 is 2.62 bits per heavy atom. The Balaban J connectivity index is 1.92. The van der Waals surface area contributed by atoms with Crippen LogP contribution in [-0.2, 0) is 6.54 Å². The highest BCUT2D eigenvalue weighted by Crippen LogP contribution is 2.46. The molecule has 1 aliphatic rings. The molecule has 4 rings (SSSR count). The smallest absolute Gasteiger partial charge is 0.0961 e. The van der Waals surface area contributed by atoms with Crippen molar-refractivity contribution in [3.63, 3.8) is 0 Å². The van der Waals surface area contributed by atoms with Gasteiger partial charge in [0.2, 0.25) is 0 Å². The molecule has 1 aromatic heterocycles. The van der Waals surface area contributed by atoms with Crippen molar-refractivity contribution in [2.45, 2.75) is 52.0 Å². The fraction of sp³-hybridized carbons (Fsp3) is 0.435. The lowest BCUT2D eigenvalue weighted by molar-refractivity contribution is 0.261. The Morgan fingerprint density at radius 1 is 1.12 bits per heavy atom. The molecule has 1 N–H and O–H groups in total. The van der Waals surface area contributed by atoms with E-state index in [1.54, 1.807) is 0 Å². The summed E-state index contributed by atoms with van der Waals surface area (Å²) in [6.45, 7) is 7.63. The average molecular weight is 348 g/mol.